The van der Waals surface area contributed by atoms with E-state index in [-0.39, 0.29) is 4.31 Å². The van der Waals surface area contributed by atoms with Crippen LogP contribution in [0.3, 0.4) is 0 Å². The van der Waals surface area contributed by atoms with E-state index in [9.17, 15) is 26.4 Å². The second kappa shape index (κ2) is 6.01. The molecule has 0 saturated carbocycles. The van der Waals surface area contributed by atoms with Crippen molar-refractivity contribution in [3.63, 3.8) is 0 Å². The van der Waals surface area contributed by atoms with E-state index in [1.165, 1.54) is 14.1 Å². The molecule has 0 aliphatic heterocycles. The summed E-state index contributed by atoms with van der Waals surface area (Å²) in [5.74, 6) is -0.723. The molecule has 0 aromatic carbocycles. The molecule has 0 saturated heterocycles. The molecule has 0 fully saturated rings. The van der Waals surface area contributed by atoms with Crippen LogP contribution in [0.2, 0.25) is 0 Å². The van der Waals surface area contributed by atoms with Gasteiger partial charge in [-0.2, -0.15) is 17.5 Å². The minimum atomic E-state index is -4.69. The monoisotopic (exact) mass is 340 g/mol. The van der Waals surface area contributed by atoms with Gasteiger partial charge in [-0.15, -0.1) is 0 Å². The number of rotatable bonds is 5. The molecular weight excluding hydrogens is 329 g/mol. The van der Waals surface area contributed by atoms with Crippen molar-refractivity contribution in [1.82, 2.24) is 9.21 Å². The number of alkyl halides is 4. The van der Waals surface area contributed by atoms with Gasteiger partial charge in [0.1, 0.15) is 11.2 Å². The van der Waals surface area contributed by atoms with Crippen LogP contribution in [0.25, 0.3) is 0 Å². The van der Waals surface area contributed by atoms with E-state index < -0.39 is 39.9 Å². The molecule has 0 unspecified atom stereocenters. The summed E-state index contributed by atoms with van der Waals surface area (Å²) in [6.45, 7) is -2.51. The van der Waals surface area contributed by atoms with Crippen LogP contribution < -0.4 is 0 Å². The maximum absolute atomic E-state index is 12.2. The highest BCUT2D eigenvalue weighted by Gasteiger charge is 2.37. The number of halogens is 4. The first kappa shape index (κ1) is 16.6. The topological polar surface area (TPSA) is 57.7 Å². The summed E-state index contributed by atoms with van der Waals surface area (Å²) in [5, 5.41) is 0. The molecule has 0 spiro atoms. The largest absolute Gasteiger partial charge is 0.402 e. The lowest BCUT2D eigenvalue weighted by Crippen LogP contribution is -2.45. The third kappa shape index (κ3) is 6.22. The van der Waals surface area contributed by atoms with Gasteiger partial charge < -0.3 is 4.90 Å². The molecule has 0 atom stereocenters. The smallest absolute Gasteiger partial charge is 0.348 e. The highest BCUT2D eigenvalue weighted by Crippen LogP contribution is 2.19. The van der Waals surface area contributed by atoms with E-state index in [0.717, 1.165) is 4.90 Å². The summed E-state index contributed by atoms with van der Waals surface area (Å²) in [7, 11) is -1.48. The standard InChI is InChI=1S/C7H12BrF3N2O3S/c1-12(2)6(14)3-13(4-7(9,10)11)17(15,16)5-8/h3-5H2,1-2H3. The van der Waals surface area contributed by atoms with Gasteiger partial charge in [-0.25, -0.2) is 8.42 Å². The summed E-state index contributed by atoms with van der Waals surface area (Å²) in [6, 6.07) is 0. The quantitative estimate of drug-likeness (QED) is 0.689. The van der Waals surface area contributed by atoms with Gasteiger partial charge >= 0.3 is 6.18 Å². The third-order valence-electron chi connectivity index (χ3n) is 1.70. The van der Waals surface area contributed by atoms with Crippen molar-refractivity contribution in [2.45, 2.75) is 6.18 Å². The Balaban J connectivity index is 4.95. The fourth-order valence-electron chi connectivity index (χ4n) is 0.814. The van der Waals surface area contributed by atoms with E-state index in [4.69, 9.17) is 0 Å². The fourth-order valence-corrected chi connectivity index (χ4v) is 2.47. The zero-order valence-electron chi connectivity index (χ0n) is 9.16. The van der Waals surface area contributed by atoms with Crippen LogP contribution in [-0.2, 0) is 14.8 Å². The number of amides is 1. The molecule has 1 amide bonds. The summed E-state index contributed by atoms with van der Waals surface area (Å²) >= 11 is 2.58. The van der Waals surface area contributed by atoms with Gasteiger partial charge in [0.2, 0.25) is 15.9 Å². The number of carbonyl (C=O) groups excluding carboxylic acids is 1. The average molecular weight is 341 g/mol. The molecule has 0 aliphatic carbocycles. The van der Waals surface area contributed by atoms with E-state index in [2.05, 4.69) is 15.9 Å². The van der Waals surface area contributed by atoms with E-state index in [1.54, 1.807) is 0 Å². The normalized spacial score (nSPS) is 12.9. The van der Waals surface area contributed by atoms with Crippen LogP contribution in [0.5, 0.6) is 0 Å². The highest BCUT2D eigenvalue weighted by molar-refractivity contribution is 9.10. The van der Waals surface area contributed by atoms with Crippen LogP contribution in [0.4, 0.5) is 13.2 Å². The van der Waals surface area contributed by atoms with Gasteiger partial charge in [-0.05, 0) is 0 Å². The van der Waals surface area contributed by atoms with Gasteiger partial charge in [0.25, 0.3) is 0 Å². The number of carbonyl (C=O) groups is 1. The van der Waals surface area contributed by atoms with Crippen LogP contribution in [0, 0.1) is 0 Å². The van der Waals surface area contributed by atoms with E-state index >= 15 is 0 Å². The van der Waals surface area contributed by atoms with Gasteiger partial charge in [0.15, 0.2) is 0 Å². The predicted octanol–water partition coefficient (Wildman–Crippen LogP) is 0.621. The van der Waals surface area contributed by atoms with Crippen molar-refractivity contribution >= 4 is 31.9 Å². The number of sulfonamides is 1. The first-order valence-electron chi connectivity index (χ1n) is 4.30. The summed E-state index contributed by atoms with van der Waals surface area (Å²) < 4.78 is 58.7. The first-order chi connectivity index (χ1) is 7.49. The molecule has 10 heteroatoms. The maximum Gasteiger partial charge on any atom is 0.402 e. The molecule has 0 radical (unpaired) electrons. The highest BCUT2D eigenvalue weighted by atomic mass is 79.9. The maximum atomic E-state index is 12.2. The molecule has 0 aromatic heterocycles. The van der Waals surface area contributed by atoms with Gasteiger partial charge in [-0.3, -0.25) is 4.79 Å². The Morgan fingerprint density at radius 1 is 1.29 bits per heavy atom. The molecule has 0 aromatic rings. The van der Waals surface area contributed by atoms with Gasteiger partial charge in [0, 0.05) is 14.1 Å². The second-order valence-corrected chi connectivity index (χ2v) is 6.66. The number of hydrogen-bond acceptors (Lipinski definition) is 3. The molecule has 0 N–H and O–H groups in total. The lowest BCUT2D eigenvalue weighted by molar-refractivity contribution is -0.141. The van der Waals surface area contributed by atoms with Crippen molar-refractivity contribution in [2.75, 3.05) is 31.8 Å². The molecule has 0 bridgehead atoms. The Morgan fingerprint density at radius 3 is 2.06 bits per heavy atom. The van der Waals surface area contributed by atoms with Crippen molar-refractivity contribution < 1.29 is 26.4 Å². The molecule has 0 aliphatic rings. The minimum Gasteiger partial charge on any atom is -0.348 e. The summed E-state index contributed by atoms with van der Waals surface area (Å²) in [4.78, 5) is 12.3. The molecular formula is C7H12BrF3N2O3S. The molecule has 5 nitrogen and oxygen atoms in total. The Labute approximate surface area is 106 Å². The molecule has 17 heavy (non-hydrogen) atoms. The minimum absolute atomic E-state index is 0.101. The molecule has 0 heterocycles. The average Bonchev–Trinajstić information content (AvgIpc) is 2.14. The van der Waals surface area contributed by atoms with Crippen molar-refractivity contribution in [2.24, 2.45) is 0 Å². The van der Waals surface area contributed by atoms with Crippen molar-refractivity contribution in [3.8, 4) is 0 Å². The second-order valence-electron chi connectivity index (χ2n) is 3.39. The molecule has 102 valence electrons. The van der Waals surface area contributed by atoms with Crippen molar-refractivity contribution in [3.05, 3.63) is 0 Å². The molecule has 0 rings (SSSR count). The van der Waals surface area contributed by atoms with E-state index in [0.29, 0.717) is 0 Å². The van der Waals surface area contributed by atoms with Gasteiger partial charge in [0.05, 0.1) is 6.54 Å². The lowest BCUT2D eigenvalue weighted by Gasteiger charge is -2.23. The first-order valence-corrected chi connectivity index (χ1v) is 7.03. The van der Waals surface area contributed by atoms with E-state index in [1.807, 2.05) is 0 Å². The Hall–Kier alpha value is -0.350. The van der Waals surface area contributed by atoms with Crippen LogP contribution >= 0.6 is 15.9 Å². The zero-order valence-corrected chi connectivity index (χ0v) is 11.6. The SMILES string of the molecule is CN(C)C(=O)CN(CC(F)(F)F)S(=O)(=O)CBr. The summed E-state index contributed by atoms with van der Waals surface area (Å²) in [5.41, 5.74) is 0. The van der Waals surface area contributed by atoms with Crippen LogP contribution in [-0.4, -0.2) is 61.6 Å². The fraction of sp³-hybridized carbons (Fsp3) is 0.857. The lowest BCUT2D eigenvalue weighted by atomic mass is 10.5. The van der Waals surface area contributed by atoms with Crippen LogP contribution in [0.1, 0.15) is 0 Å². The Kier molecular flexibility index (Phi) is 5.88. The van der Waals surface area contributed by atoms with Gasteiger partial charge in [-0.1, -0.05) is 15.9 Å². The number of likely N-dealkylation sites (N-methyl/N-ethyl adjacent to an activating group) is 1. The number of hydrogen-bond donors (Lipinski definition) is 0. The third-order valence-corrected chi connectivity index (χ3v) is 4.75. The predicted molar refractivity (Wildman–Crippen MR) is 59.0 cm³/mol. The zero-order chi connectivity index (χ0) is 13.9. The Morgan fingerprint density at radius 2 is 1.76 bits per heavy atom. The number of nitrogens with zero attached hydrogens (tertiary/aromatic N) is 2. The summed E-state index contributed by atoms with van der Waals surface area (Å²) in [6.07, 6.45) is -4.69. The Bertz CT molecular complexity index is 369. The van der Waals surface area contributed by atoms with Crippen LogP contribution in [0.15, 0.2) is 0 Å². The van der Waals surface area contributed by atoms with Crippen molar-refractivity contribution in [1.29, 1.82) is 0 Å².